The molecule has 1 saturated heterocycles. The van der Waals surface area contributed by atoms with E-state index in [2.05, 4.69) is 9.88 Å². The van der Waals surface area contributed by atoms with Crippen LogP contribution in [0.4, 0.5) is 11.5 Å². The Balaban J connectivity index is 1.29. The molecule has 3 aromatic carbocycles. The first-order valence-corrected chi connectivity index (χ1v) is 13.7. The number of benzodiazepines with no additional fused rings is 1. The number of aliphatic imine (C=N–C) groups is 1. The van der Waals surface area contributed by atoms with E-state index in [0.717, 1.165) is 28.2 Å². The summed E-state index contributed by atoms with van der Waals surface area (Å²) in [6.45, 7) is 2.54. The number of amides is 2. The number of carbonyl (C=O) groups excluding carboxylic acids is 2. The van der Waals surface area contributed by atoms with Crippen molar-refractivity contribution in [3.8, 4) is 0 Å². The van der Waals surface area contributed by atoms with Crippen molar-refractivity contribution in [3.05, 3.63) is 126 Å². The molecule has 7 nitrogen and oxygen atoms in total. The van der Waals surface area contributed by atoms with Gasteiger partial charge >= 0.3 is 0 Å². The van der Waals surface area contributed by atoms with Gasteiger partial charge in [0.1, 0.15) is 18.4 Å². The van der Waals surface area contributed by atoms with Gasteiger partial charge in [0, 0.05) is 49.9 Å². The highest BCUT2D eigenvalue weighted by Crippen LogP contribution is 2.30. The van der Waals surface area contributed by atoms with Crippen molar-refractivity contribution in [1.82, 2.24) is 9.88 Å². The summed E-state index contributed by atoms with van der Waals surface area (Å²) < 4.78 is 0. The maximum atomic E-state index is 14.2. The van der Waals surface area contributed by atoms with Crippen LogP contribution in [0.5, 0.6) is 0 Å². The second-order valence-corrected chi connectivity index (χ2v) is 10.0. The van der Waals surface area contributed by atoms with Crippen molar-refractivity contribution in [1.29, 1.82) is 0 Å². The van der Waals surface area contributed by atoms with E-state index in [1.165, 1.54) is 0 Å². The molecule has 1 atom stereocenters. The van der Waals surface area contributed by atoms with Crippen molar-refractivity contribution >= 4 is 29.0 Å². The first-order valence-electron chi connectivity index (χ1n) is 13.7. The fourth-order valence-electron chi connectivity index (χ4n) is 5.41. The van der Waals surface area contributed by atoms with Gasteiger partial charge in [-0.15, -0.1) is 0 Å². The molecule has 0 unspecified atom stereocenters. The van der Waals surface area contributed by atoms with Crippen LogP contribution in [0.25, 0.3) is 0 Å². The van der Waals surface area contributed by atoms with Gasteiger partial charge in [0.25, 0.3) is 5.91 Å². The molecule has 7 heteroatoms. The van der Waals surface area contributed by atoms with E-state index in [0.29, 0.717) is 38.3 Å². The van der Waals surface area contributed by atoms with Crippen LogP contribution >= 0.6 is 0 Å². The van der Waals surface area contributed by atoms with Crippen molar-refractivity contribution < 1.29 is 9.59 Å². The molecule has 200 valence electrons. The number of rotatable bonds is 6. The number of pyridine rings is 1. The van der Waals surface area contributed by atoms with E-state index in [9.17, 15) is 9.59 Å². The number of carbonyl (C=O) groups is 2. The normalized spacial score (nSPS) is 17.2. The SMILES string of the molecule is O=C(CN1C(=O)[C@H](Cc2ccccc2)N=C(c2ccccc2)c2ccccc21)N1CCN(c2ccccn2)CC1. The van der Waals surface area contributed by atoms with Crippen LogP contribution in [0.3, 0.4) is 0 Å². The van der Waals surface area contributed by atoms with Gasteiger partial charge in [-0.3, -0.25) is 14.6 Å². The lowest BCUT2D eigenvalue weighted by atomic mass is 10.00. The highest BCUT2D eigenvalue weighted by molar-refractivity contribution is 6.20. The molecular weight excluding hydrogens is 498 g/mol. The Kier molecular flexibility index (Phi) is 7.35. The van der Waals surface area contributed by atoms with Crippen LogP contribution in [0.1, 0.15) is 16.7 Å². The third-order valence-electron chi connectivity index (χ3n) is 7.50. The van der Waals surface area contributed by atoms with Crippen LogP contribution in [0.15, 0.2) is 114 Å². The minimum absolute atomic E-state index is 0.0255. The minimum Gasteiger partial charge on any atom is -0.353 e. The summed E-state index contributed by atoms with van der Waals surface area (Å²) >= 11 is 0. The lowest BCUT2D eigenvalue weighted by Crippen LogP contribution is -2.53. The largest absolute Gasteiger partial charge is 0.353 e. The predicted molar refractivity (Wildman–Crippen MR) is 158 cm³/mol. The van der Waals surface area contributed by atoms with E-state index in [-0.39, 0.29) is 18.4 Å². The number of aromatic nitrogens is 1. The smallest absolute Gasteiger partial charge is 0.252 e. The number of anilines is 2. The first kappa shape index (κ1) is 25.5. The molecule has 2 aliphatic rings. The molecule has 1 fully saturated rings. The van der Waals surface area contributed by atoms with E-state index in [1.807, 2.05) is 108 Å². The van der Waals surface area contributed by atoms with Crippen molar-refractivity contribution in [2.45, 2.75) is 12.5 Å². The third-order valence-corrected chi connectivity index (χ3v) is 7.50. The monoisotopic (exact) mass is 529 g/mol. The molecule has 0 bridgehead atoms. The third kappa shape index (κ3) is 5.36. The lowest BCUT2D eigenvalue weighted by Gasteiger charge is -2.36. The van der Waals surface area contributed by atoms with E-state index >= 15 is 0 Å². The molecule has 0 aliphatic carbocycles. The van der Waals surface area contributed by atoms with Gasteiger partial charge in [-0.25, -0.2) is 4.98 Å². The first-order chi connectivity index (χ1) is 19.7. The van der Waals surface area contributed by atoms with Gasteiger partial charge in [0.05, 0.1) is 11.4 Å². The Morgan fingerprint density at radius 2 is 1.45 bits per heavy atom. The van der Waals surface area contributed by atoms with Gasteiger partial charge in [-0.2, -0.15) is 0 Å². The van der Waals surface area contributed by atoms with Crippen LogP contribution in [-0.4, -0.2) is 66.2 Å². The van der Waals surface area contributed by atoms with Crippen LogP contribution in [0.2, 0.25) is 0 Å². The summed E-state index contributed by atoms with van der Waals surface area (Å²) in [5.74, 6) is 0.689. The Labute approximate surface area is 234 Å². The van der Waals surface area contributed by atoms with Crippen molar-refractivity contribution in [2.24, 2.45) is 4.99 Å². The molecule has 0 N–H and O–H groups in total. The van der Waals surface area contributed by atoms with Gasteiger partial charge < -0.3 is 14.7 Å². The molecule has 0 saturated carbocycles. The lowest BCUT2D eigenvalue weighted by molar-refractivity contribution is -0.131. The summed E-state index contributed by atoms with van der Waals surface area (Å²) in [6.07, 6.45) is 2.24. The number of hydrogen-bond acceptors (Lipinski definition) is 5. The molecule has 3 heterocycles. The second kappa shape index (κ2) is 11.5. The quantitative estimate of drug-likeness (QED) is 0.375. The zero-order valence-electron chi connectivity index (χ0n) is 22.3. The molecule has 40 heavy (non-hydrogen) atoms. The second-order valence-electron chi connectivity index (χ2n) is 10.0. The number of nitrogens with zero attached hydrogens (tertiary/aromatic N) is 5. The number of fused-ring (bicyclic) bond motifs is 1. The van der Waals surface area contributed by atoms with Crippen molar-refractivity contribution in [3.63, 3.8) is 0 Å². The molecule has 0 radical (unpaired) electrons. The summed E-state index contributed by atoms with van der Waals surface area (Å²) in [6, 6.07) is 32.9. The zero-order chi connectivity index (χ0) is 27.3. The van der Waals surface area contributed by atoms with Crippen LogP contribution in [-0.2, 0) is 16.0 Å². The van der Waals surface area contributed by atoms with Gasteiger partial charge in [0.15, 0.2) is 0 Å². The highest BCUT2D eigenvalue weighted by Gasteiger charge is 2.34. The number of hydrogen-bond donors (Lipinski definition) is 0. The maximum Gasteiger partial charge on any atom is 0.252 e. The summed E-state index contributed by atoms with van der Waals surface area (Å²) in [4.78, 5) is 43.0. The standard InChI is InChI=1S/C33H31N5O2/c39-31(37-21-19-36(20-22-37)30-17-9-10-18-34-30)24-38-29-16-8-7-15-27(29)32(26-13-5-2-6-14-26)35-28(33(38)40)23-25-11-3-1-4-12-25/h1-18,28H,19-24H2/t28-/m0/s1. The summed E-state index contributed by atoms with van der Waals surface area (Å²) in [7, 11) is 0. The fourth-order valence-corrected chi connectivity index (χ4v) is 5.41. The Morgan fingerprint density at radius 1 is 0.775 bits per heavy atom. The molecular formula is C33H31N5O2. The molecule has 2 aliphatic heterocycles. The average molecular weight is 530 g/mol. The Bertz CT molecular complexity index is 1500. The van der Waals surface area contributed by atoms with E-state index in [4.69, 9.17) is 4.99 Å². The minimum atomic E-state index is -0.654. The molecule has 1 aromatic heterocycles. The predicted octanol–water partition coefficient (Wildman–Crippen LogP) is 4.23. The molecule has 4 aromatic rings. The van der Waals surface area contributed by atoms with Gasteiger partial charge in [-0.05, 0) is 23.8 Å². The maximum absolute atomic E-state index is 14.2. The fraction of sp³-hybridized carbons (Fsp3) is 0.212. The van der Waals surface area contributed by atoms with Crippen LogP contribution in [0, 0.1) is 0 Å². The number of piperazine rings is 1. The van der Waals surface area contributed by atoms with Gasteiger partial charge in [-0.1, -0.05) is 84.9 Å². The number of benzene rings is 3. The Hall–Kier alpha value is -4.78. The number of para-hydroxylation sites is 1. The molecule has 6 rings (SSSR count). The summed E-state index contributed by atoms with van der Waals surface area (Å²) in [5.41, 5.74) is 4.31. The Morgan fingerprint density at radius 3 is 2.17 bits per heavy atom. The highest BCUT2D eigenvalue weighted by atomic mass is 16.2. The van der Waals surface area contributed by atoms with Crippen LogP contribution < -0.4 is 9.80 Å². The topological polar surface area (TPSA) is 69.1 Å². The molecule has 0 spiro atoms. The molecule has 2 amide bonds. The van der Waals surface area contributed by atoms with E-state index < -0.39 is 6.04 Å². The average Bonchev–Trinajstić information content (AvgIpc) is 3.13. The summed E-state index contributed by atoms with van der Waals surface area (Å²) in [5, 5.41) is 0. The van der Waals surface area contributed by atoms with Crippen molar-refractivity contribution in [2.75, 3.05) is 42.5 Å². The zero-order valence-corrected chi connectivity index (χ0v) is 22.3. The van der Waals surface area contributed by atoms with E-state index in [1.54, 1.807) is 11.1 Å². The van der Waals surface area contributed by atoms with Gasteiger partial charge in [0.2, 0.25) is 5.91 Å².